The smallest absolute Gasteiger partial charge is 0.231 e. The summed E-state index contributed by atoms with van der Waals surface area (Å²) < 4.78 is 17.9. The van der Waals surface area contributed by atoms with Crippen LogP contribution in [0.2, 0.25) is 0 Å². The molecule has 1 atom stereocenters. The SMILES string of the molecule is CC(Nc1nc(Nc2nccn2CCO)ncc1F)c1cccc(-c2cnn(C)c2)c1. The van der Waals surface area contributed by atoms with Gasteiger partial charge >= 0.3 is 0 Å². The van der Waals surface area contributed by atoms with E-state index in [2.05, 4.69) is 30.7 Å². The zero-order chi connectivity index (χ0) is 21.8. The van der Waals surface area contributed by atoms with Gasteiger partial charge in [-0.05, 0) is 24.1 Å². The number of imidazole rings is 1. The molecule has 1 aromatic carbocycles. The Hall–Kier alpha value is -3.79. The lowest BCUT2D eigenvalue weighted by Crippen LogP contribution is -2.12. The Morgan fingerprint density at radius 3 is 2.84 bits per heavy atom. The average Bonchev–Trinajstić information content (AvgIpc) is 3.40. The van der Waals surface area contributed by atoms with E-state index in [9.17, 15) is 4.39 Å². The number of nitrogens with zero attached hydrogens (tertiary/aromatic N) is 6. The number of aryl methyl sites for hydroxylation is 1. The van der Waals surface area contributed by atoms with E-state index in [1.165, 1.54) is 0 Å². The van der Waals surface area contributed by atoms with E-state index < -0.39 is 5.82 Å². The van der Waals surface area contributed by atoms with E-state index in [0.29, 0.717) is 12.5 Å². The van der Waals surface area contributed by atoms with Gasteiger partial charge in [-0.1, -0.05) is 18.2 Å². The summed E-state index contributed by atoms with van der Waals surface area (Å²) in [6, 6.07) is 7.78. The molecule has 3 heterocycles. The molecular formula is C21H23FN8O. The van der Waals surface area contributed by atoms with Crippen LogP contribution in [-0.4, -0.2) is 41.0 Å². The van der Waals surface area contributed by atoms with Crippen molar-refractivity contribution in [2.24, 2.45) is 7.05 Å². The summed E-state index contributed by atoms with van der Waals surface area (Å²) in [6.45, 7) is 2.28. The van der Waals surface area contributed by atoms with Crippen molar-refractivity contribution in [2.75, 3.05) is 17.2 Å². The lowest BCUT2D eigenvalue weighted by molar-refractivity contribution is 0.277. The number of nitrogens with one attached hydrogen (secondary N) is 2. The zero-order valence-electron chi connectivity index (χ0n) is 17.2. The second-order valence-corrected chi connectivity index (χ2v) is 7.08. The molecule has 1 unspecified atom stereocenters. The lowest BCUT2D eigenvalue weighted by atomic mass is 10.0. The molecule has 0 radical (unpaired) electrons. The van der Waals surface area contributed by atoms with Crippen LogP contribution in [0.3, 0.4) is 0 Å². The summed E-state index contributed by atoms with van der Waals surface area (Å²) in [4.78, 5) is 12.4. The minimum absolute atomic E-state index is 0.0300. The third-order valence-corrected chi connectivity index (χ3v) is 4.80. The summed E-state index contributed by atoms with van der Waals surface area (Å²) in [5, 5.41) is 19.4. The molecule has 4 rings (SSSR count). The Kier molecular flexibility index (Phi) is 5.89. The summed E-state index contributed by atoms with van der Waals surface area (Å²) in [7, 11) is 1.87. The van der Waals surface area contributed by atoms with E-state index in [-0.39, 0.29) is 24.4 Å². The number of anilines is 3. The van der Waals surface area contributed by atoms with Gasteiger partial charge in [-0.3, -0.25) is 10.00 Å². The number of halogens is 1. The van der Waals surface area contributed by atoms with Crippen molar-refractivity contribution in [3.8, 4) is 11.1 Å². The van der Waals surface area contributed by atoms with E-state index in [0.717, 1.165) is 22.9 Å². The molecule has 160 valence electrons. The van der Waals surface area contributed by atoms with Crippen LogP contribution in [0.4, 0.5) is 22.1 Å². The molecule has 0 amide bonds. The van der Waals surface area contributed by atoms with Crippen LogP contribution in [0, 0.1) is 5.82 Å². The average molecular weight is 422 g/mol. The molecule has 0 fully saturated rings. The molecule has 0 bridgehead atoms. The molecule has 0 aliphatic carbocycles. The Balaban J connectivity index is 1.52. The van der Waals surface area contributed by atoms with E-state index in [4.69, 9.17) is 5.11 Å². The summed E-state index contributed by atoms with van der Waals surface area (Å²) in [5.74, 6) is 0.186. The van der Waals surface area contributed by atoms with E-state index in [1.54, 1.807) is 27.8 Å². The molecule has 4 aromatic rings. The Labute approximate surface area is 178 Å². The first-order valence-corrected chi connectivity index (χ1v) is 9.80. The van der Waals surface area contributed by atoms with Gasteiger partial charge in [0.25, 0.3) is 0 Å². The Morgan fingerprint density at radius 2 is 2.06 bits per heavy atom. The van der Waals surface area contributed by atoms with Gasteiger partial charge in [0.2, 0.25) is 11.9 Å². The first kappa shape index (κ1) is 20.5. The fourth-order valence-corrected chi connectivity index (χ4v) is 3.20. The minimum atomic E-state index is -0.556. The number of benzene rings is 1. The van der Waals surface area contributed by atoms with Crippen LogP contribution in [0.1, 0.15) is 18.5 Å². The highest BCUT2D eigenvalue weighted by molar-refractivity contribution is 5.63. The number of hydrogen-bond donors (Lipinski definition) is 3. The molecule has 0 spiro atoms. The number of hydrogen-bond acceptors (Lipinski definition) is 7. The monoisotopic (exact) mass is 422 g/mol. The van der Waals surface area contributed by atoms with Crippen LogP contribution in [0.15, 0.2) is 55.2 Å². The van der Waals surface area contributed by atoms with Crippen molar-refractivity contribution < 1.29 is 9.50 Å². The maximum atomic E-state index is 14.4. The van der Waals surface area contributed by atoms with Gasteiger partial charge in [0.1, 0.15) is 0 Å². The van der Waals surface area contributed by atoms with Crippen molar-refractivity contribution >= 4 is 17.7 Å². The second kappa shape index (κ2) is 8.92. The highest BCUT2D eigenvalue weighted by Crippen LogP contribution is 2.26. The number of aromatic nitrogens is 6. The molecule has 0 aliphatic rings. The normalized spacial score (nSPS) is 12.0. The molecule has 10 heteroatoms. The van der Waals surface area contributed by atoms with Crippen LogP contribution in [0.25, 0.3) is 11.1 Å². The first-order valence-electron chi connectivity index (χ1n) is 9.80. The van der Waals surface area contributed by atoms with Gasteiger partial charge in [0, 0.05) is 37.7 Å². The lowest BCUT2D eigenvalue weighted by Gasteiger charge is -2.17. The maximum absolute atomic E-state index is 14.4. The second-order valence-electron chi connectivity index (χ2n) is 7.08. The summed E-state index contributed by atoms with van der Waals surface area (Å²) in [6.07, 6.45) is 8.17. The molecule has 9 nitrogen and oxygen atoms in total. The standard InChI is InChI=1S/C21H23FN8O/c1-14(15-4-3-5-16(10-15)17-11-25-29(2)13-17)26-19-18(22)12-24-20(27-19)28-21-23-6-7-30(21)8-9-31/h3-7,10-14,31H,8-9H2,1-2H3,(H2,23,24,26,27,28). The molecule has 3 N–H and O–H groups in total. The van der Waals surface area contributed by atoms with Crippen molar-refractivity contribution in [3.63, 3.8) is 0 Å². The maximum Gasteiger partial charge on any atom is 0.231 e. The van der Waals surface area contributed by atoms with Crippen molar-refractivity contribution in [3.05, 3.63) is 66.6 Å². The highest BCUT2D eigenvalue weighted by atomic mass is 19.1. The molecule has 31 heavy (non-hydrogen) atoms. The van der Waals surface area contributed by atoms with Crippen LogP contribution in [0.5, 0.6) is 0 Å². The number of rotatable bonds is 8. The van der Waals surface area contributed by atoms with Crippen molar-refractivity contribution in [1.82, 2.24) is 29.3 Å². The van der Waals surface area contributed by atoms with E-state index in [1.807, 2.05) is 44.4 Å². The summed E-state index contributed by atoms with van der Waals surface area (Å²) >= 11 is 0. The van der Waals surface area contributed by atoms with Crippen LogP contribution in [-0.2, 0) is 13.6 Å². The predicted octanol–water partition coefficient (Wildman–Crippen LogP) is 3.12. The first-order chi connectivity index (χ1) is 15.0. The Morgan fingerprint density at radius 1 is 1.19 bits per heavy atom. The topological polar surface area (TPSA) is 106 Å². The third kappa shape index (κ3) is 4.69. The fourth-order valence-electron chi connectivity index (χ4n) is 3.20. The summed E-state index contributed by atoms with van der Waals surface area (Å²) in [5.41, 5.74) is 3.02. The predicted molar refractivity (Wildman–Crippen MR) is 115 cm³/mol. The fraction of sp³-hybridized carbons (Fsp3) is 0.238. The third-order valence-electron chi connectivity index (χ3n) is 4.80. The number of aliphatic hydroxyl groups excluding tert-OH is 1. The molecule has 3 aromatic heterocycles. The highest BCUT2D eigenvalue weighted by Gasteiger charge is 2.14. The van der Waals surface area contributed by atoms with Gasteiger partial charge in [-0.25, -0.2) is 14.4 Å². The molecular weight excluding hydrogens is 399 g/mol. The quantitative estimate of drug-likeness (QED) is 0.401. The van der Waals surface area contributed by atoms with Gasteiger partial charge in [-0.15, -0.1) is 0 Å². The molecule has 0 saturated heterocycles. The van der Waals surface area contributed by atoms with E-state index >= 15 is 0 Å². The Bertz CT molecular complexity index is 1170. The zero-order valence-corrected chi connectivity index (χ0v) is 17.2. The van der Waals surface area contributed by atoms with Crippen molar-refractivity contribution in [2.45, 2.75) is 19.5 Å². The van der Waals surface area contributed by atoms with Crippen LogP contribution < -0.4 is 10.6 Å². The van der Waals surface area contributed by atoms with Gasteiger partial charge < -0.3 is 15.0 Å². The van der Waals surface area contributed by atoms with Gasteiger partial charge in [0.15, 0.2) is 11.6 Å². The molecule has 0 saturated carbocycles. The number of aliphatic hydroxyl groups is 1. The molecule has 0 aliphatic heterocycles. The van der Waals surface area contributed by atoms with Crippen molar-refractivity contribution in [1.29, 1.82) is 0 Å². The van der Waals surface area contributed by atoms with Gasteiger partial charge in [-0.2, -0.15) is 10.1 Å². The minimum Gasteiger partial charge on any atom is -0.395 e. The largest absolute Gasteiger partial charge is 0.395 e. The van der Waals surface area contributed by atoms with Gasteiger partial charge in [0.05, 0.1) is 25.0 Å². The van der Waals surface area contributed by atoms with Crippen LogP contribution >= 0.6 is 0 Å².